The minimum atomic E-state index is 1.11. The molecule has 0 fully saturated rings. The highest BCUT2D eigenvalue weighted by molar-refractivity contribution is 5.88. The number of pyridine rings is 2. The van der Waals surface area contributed by atoms with Gasteiger partial charge in [0.15, 0.2) is 12.4 Å². The molecule has 0 N–H and O–H groups in total. The van der Waals surface area contributed by atoms with Crippen molar-refractivity contribution in [2.75, 3.05) is 0 Å². The van der Waals surface area contributed by atoms with Gasteiger partial charge in [0.05, 0.1) is 12.5 Å². The summed E-state index contributed by atoms with van der Waals surface area (Å²) in [5.74, 6) is 0. The van der Waals surface area contributed by atoms with Gasteiger partial charge in [-0.2, -0.15) is 4.40 Å². The average Bonchev–Trinajstić information content (AvgIpc) is 2.98. The maximum Gasteiger partial charge on any atom is 0.211 e. The number of aromatic nitrogens is 1. The van der Waals surface area contributed by atoms with Crippen LogP contribution in [0.15, 0.2) is 77.9 Å². The Balaban J connectivity index is 2.00. The first-order chi connectivity index (χ1) is 9.40. The Labute approximate surface area is 110 Å². The number of fused-ring (bicyclic) bond motifs is 2. The third kappa shape index (κ3) is 1.69. The molecule has 0 bridgehead atoms. The Morgan fingerprint density at radius 1 is 0.842 bits per heavy atom. The van der Waals surface area contributed by atoms with E-state index in [0.29, 0.717) is 0 Å². The molecular formula is C17H12NO+. The molecule has 0 aliphatic carbocycles. The van der Waals surface area contributed by atoms with Gasteiger partial charge in [-0.15, -0.1) is 0 Å². The Morgan fingerprint density at radius 2 is 1.84 bits per heavy atom. The average molecular weight is 246 g/mol. The molecule has 90 valence electrons. The third-order valence-electron chi connectivity index (χ3n) is 3.45. The van der Waals surface area contributed by atoms with Crippen molar-refractivity contribution in [1.29, 1.82) is 0 Å². The lowest BCUT2D eigenvalue weighted by molar-refractivity contribution is -0.510. The van der Waals surface area contributed by atoms with Gasteiger partial charge in [-0.25, -0.2) is 0 Å². The summed E-state index contributed by atoms with van der Waals surface area (Å²) in [4.78, 5) is 0. The zero-order valence-corrected chi connectivity index (χ0v) is 10.3. The van der Waals surface area contributed by atoms with Gasteiger partial charge in [0, 0.05) is 29.1 Å². The van der Waals surface area contributed by atoms with E-state index in [9.17, 15) is 0 Å². The van der Waals surface area contributed by atoms with Crippen LogP contribution in [0, 0.1) is 0 Å². The van der Waals surface area contributed by atoms with E-state index in [1.54, 1.807) is 12.5 Å². The maximum atomic E-state index is 5.15. The van der Waals surface area contributed by atoms with Gasteiger partial charge in [0.2, 0.25) is 5.52 Å². The molecule has 4 rings (SSSR count). The summed E-state index contributed by atoms with van der Waals surface area (Å²) >= 11 is 0. The van der Waals surface area contributed by atoms with E-state index in [1.807, 2.05) is 12.1 Å². The second-order valence-corrected chi connectivity index (χ2v) is 4.66. The minimum Gasteiger partial charge on any atom is -0.472 e. The molecule has 0 radical (unpaired) electrons. The van der Waals surface area contributed by atoms with Gasteiger partial charge < -0.3 is 4.42 Å². The first-order valence-electron chi connectivity index (χ1n) is 6.26. The van der Waals surface area contributed by atoms with Gasteiger partial charge in [-0.05, 0) is 35.2 Å². The zero-order valence-electron chi connectivity index (χ0n) is 10.3. The summed E-state index contributed by atoms with van der Waals surface area (Å²) in [5, 5.41) is 2.47. The monoisotopic (exact) mass is 246 g/mol. The van der Waals surface area contributed by atoms with Crippen LogP contribution in [-0.2, 0) is 0 Å². The molecule has 3 heterocycles. The van der Waals surface area contributed by atoms with Crippen LogP contribution in [0.3, 0.4) is 0 Å². The molecule has 2 heteroatoms. The van der Waals surface area contributed by atoms with Crippen LogP contribution in [0.25, 0.3) is 27.4 Å². The van der Waals surface area contributed by atoms with Crippen molar-refractivity contribution in [1.82, 2.24) is 0 Å². The van der Waals surface area contributed by atoms with Crippen molar-refractivity contribution in [3.05, 3.63) is 73.5 Å². The summed E-state index contributed by atoms with van der Waals surface area (Å²) in [5.41, 5.74) is 3.49. The molecule has 0 amide bonds. The first kappa shape index (κ1) is 10.3. The molecular weight excluding hydrogens is 234 g/mol. The van der Waals surface area contributed by atoms with Crippen molar-refractivity contribution in [3.63, 3.8) is 0 Å². The Morgan fingerprint density at radius 3 is 2.74 bits per heavy atom. The summed E-state index contributed by atoms with van der Waals surface area (Å²) < 4.78 is 7.29. The maximum absolute atomic E-state index is 5.15. The van der Waals surface area contributed by atoms with Gasteiger partial charge in [-0.3, -0.25) is 0 Å². The van der Waals surface area contributed by atoms with E-state index in [-0.39, 0.29) is 0 Å². The smallest absolute Gasteiger partial charge is 0.211 e. The lowest BCUT2D eigenvalue weighted by Gasteiger charge is -2.00. The lowest BCUT2D eigenvalue weighted by Crippen LogP contribution is -2.19. The predicted molar refractivity (Wildman–Crippen MR) is 74.8 cm³/mol. The highest BCUT2D eigenvalue weighted by Gasteiger charge is 2.06. The number of hydrogen-bond donors (Lipinski definition) is 0. The van der Waals surface area contributed by atoms with Crippen molar-refractivity contribution >= 4 is 16.3 Å². The van der Waals surface area contributed by atoms with Crippen LogP contribution in [0.5, 0.6) is 0 Å². The van der Waals surface area contributed by atoms with Crippen molar-refractivity contribution in [2.45, 2.75) is 0 Å². The highest BCUT2D eigenvalue weighted by Crippen LogP contribution is 2.24. The summed E-state index contributed by atoms with van der Waals surface area (Å²) in [6.07, 6.45) is 7.70. The SMILES string of the molecule is c1cc[n+]2cc3ccc(-c4ccoc4)cc3cc2c1. The van der Waals surface area contributed by atoms with E-state index >= 15 is 0 Å². The molecule has 0 atom stereocenters. The van der Waals surface area contributed by atoms with E-state index in [2.05, 4.69) is 53.2 Å². The molecule has 3 aromatic heterocycles. The number of nitrogens with zero attached hydrogens (tertiary/aromatic N) is 1. The number of rotatable bonds is 1. The van der Waals surface area contributed by atoms with Gasteiger partial charge in [-0.1, -0.05) is 6.07 Å². The molecule has 1 aromatic carbocycles. The fraction of sp³-hybridized carbons (Fsp3) is 0. The van der Waals surface area contributed by atoms with E-state index in [4.69, 9.17) is 4.42 Å². The van der Waals surface area contributed by atoms with Crippen LogP contribution in [0.1, 0.15) is 0 Å². The standard InChI is InChI=1S/C17H12NO/c1-2-7-18-11-14-5-4-13(15-6-8-19-12-15)9-16(14)10-17(18)3-1/h1-12H/q+1. The molecule has 0 aliphatic rings. The fourth-order valence-corrected chi connectivity index (χ4v) is 2.44. The van der Waals surface area contributed by atoms with Gasteiger partial charge in [0.25, 0.3) is 0 Å². The van der Waals surface area contributed by atoms with Crippen LogP contribution in [-0.4, -0.2) is 0 Å². The zero-order chi connectivity index (χ0) is 12.7. The minimum absolute atomic E-state index is 1.11. The van der Waals surface area contributed by atoms with E-state index in [0.717, 1.165) is 5.56 Å². The highest BCUT2D eigenvalue weighted by atomic mass is 16.3. The molecule has 0 unspecified atom stereocenters. The lowest BCUT2D eigenvalue weighted by atomic mass is 10.0. The molecule has 2 nitrogen and oxygen atoms in total. The summed E-state index contributed by atoms with van der Waals surface area (Å²) in [7, 11) is 0. The molecule has 0 spiro atoms. The topological polar surface area (TPSA) is 17.2 Å². The second-order valence-electron chi connectivity index (χ2n) is 4.66. The third-order valence-corrected chi connectivity index (χ3v) is 3.45. The summed E-state index contributed by atoms with van der Waals surface area (Å²) in [6.45, 7) is 0. The number of benzene rings is 1. The summed E-state index contributed by atoms with van der Waals surface area (Å²) in [6, 6.07) is 16.9. The first-order valence-corrected chi connectivity index (χ1v) is 6.26. The van der Waals surface area contributed by atoms with Crippen LogP contribution >= 0.6 is 0 Å². The number of furan rings is 1. The largest absolute Gasteiger partial charge is 0.472 e. The van der Waals surface area contributed by atoms with Crippen molar-refractivity contribution in [3.8, 4) is 11.1 Å². The second kappa shape index (κ2) is 3.95. The van der Waals surface area contributed by atoms with Crippen LogP contribution in [0.2, 0.25) is 0 Å². The molecule has 0 saturated carbocycles. The van der Waals surface area contributed by atoms with E-state index in [1.165, 1.54) is 21.9 Å². The van der Waals surface area contributed by atoms with Gasteiger partial charge in [0.1, 0.15) is 0 Å². The van der Waals surface area contributed by atoms with Crippen LogP contribution < -0.4 is 4.40 Å². The quantitative estimate of drug-likeness (QED) is 0.368. The van der Waals surface area contributed by atoms with Crippen LogP contribution in [0.4, 0.5) is 0 Å². The molecule has 19 heavy (non-hydrogen) atoms. The number of hydrogen-bond acceptors (Lipinski definition) is 1. The predicted octanol–water partition coefficient (Wildman–Crippen LogP) is 3.84. The van der Waals surface area contributed by atoms with Gasteiger partial charge >= 0.3 is 0 Å². The van der Waals surface area contributed by atoms with Crippen molar-refractivity contribution < 1.29 is 8.82 Å². The van der Waals surface area contributed by atoms with E-state index < -0.39 is 0 Å². The fourth-order valence-electron chi connectivity index (χ4n) is 2.44. The molecule has 0 aliphatic heterocycles. The normalized spacial score (nSPS) is 11.2. The van der Waals surface area contributed by atoms with Crippen molar-refractivity contribution in [2.24, 2.45) is 0 Å². The Hall–Kier alpha value is -2.61. The molecule has 0 saturated heterocycles. The molecule has 4 aromatic rings. The Bertz CT molecular complexity index is 863. The Kier molecular flexibility index (Phi) is 2.15.